The van der Waals surface area contributed by atoms with Gasteiger partial charge in [-0.1, -0.05) is 39.3 Å². The van der Waals surface area contributed by atoms with Gasteiger partial charge in [-0.3, -0.25) is 0 Å². The van der Waals surface area contributed by atoms with Gasteiger partial charge in [0.15, 0.2) is 5.82 Å². The molecule has 2 rings (SSSR count). The second kappa shape index (κ2) is 6.50. The monoisotopic (exact) mass is 301 g/mol. The SMILES string of the molecule is CCC(C)C(N)c1nc(C2CSC(C)C(C)S2)no1. The summed E-state index contributed by atoms with van der Waals surface area (Å²) in [5, 5.41) is 5.78. The molecule has 1 aliphatic rings. The van der Waals surface area contributed by atoms with Crippen molar-refractivity contribution < 1.29 is 4.52 Å². The molecule has 0 aliphatic carbocycles. The normalized spacial score (nSPS) is 31.1. The fourth-order valence-corrected chi connectivity index (χ4v) is 4.76. The van der Waals surface area contributed by atoms with E-state index in [1.54, 1.807) is 0 Å². The lowest BCUT2D eigenvalue weighted by atomic mass is 10.0. The number of hydrogen-bond donors (Lipinski definition) is 1. The van der Waals surface area contributed by atoms with E-state index < -0.39 is 0 Å². The van der Waals surface area contributed by atoms with Gasteiger partial charge in [-0.25, -0.2) is 0 Å². The molecule has 0 spiro atoms. The number of hydrogen-bond acceptors (Lipinski definition) is 6. The second-order valence-corrected chi connectivity index (χ2v) is 8.27. The van der Waals surface area contributed by atoms with Crippen molar-refractivity contribution in [2.75, 3.05) is 5.75 Å². The van der Waals surface area contributed by atoms with Crippen LogP contribution >= 0.6 is 23.5 Å². The minimum Gasteiger partial charge on any atom is -0.338 e. The molecule has 19 heavy (non-hydrogen) atoms. The summed E-state index contributed by atoms with van der Waals surface area (Å²) in [7, 11) is 0. The number of nitrogens with zero attached hydrogens (tertiary/aromatic N) is 2. The van der Waals surface area contributed by atoms with E-state index in [0.29, 0.717) is 27.6 Å². The molecule has 6 heteroatoms. The van der Waals surface area contributed by atoms with Crippen LogP contribution in [0.3, 0.4) is 0 Å². The van der Waals surface area contributed by atoms with Crippen LogP contribution in [0.1, 0.15) is 57.1 Å². The Morgan fingerprint density at radius 1 is 1.42 bits per heavy atom. The topological polar surface area (TPSA) is 64.9 Å². The highest BCUT2D eigenvalue weighted by Gasteiger charge is 2.30. The summed E-state index contributed by atoms with van der Waals surface area (Å²) in [6.45, 7) is 8.78. The van der Waals surface area contributed by atoms with Gasteiger partial charge in [0.25, 0.3) is 0 Å². The first-order chi connectivity index (χ1) is 9.02. The third-order valence-corrected chi connectivity index (χ3v) is 7.22. The fraction of sp³-hybridized carbons (Fsp3) is 0.846. The lowest BCUT2D eigenvalue weighted by Gasteiger charge is -2.29. The van der Waals surface area contributed by atoms with Crippen LogP contribution in [0, 0.1) is 5.92 Å². The van der Waals surface area contributed by atoms with Gasteiger partial charge in [0.1, 0.15) is 0 Å². The van der Waals surface area contributed by atoms with E-state index in [0.717, 1.165) is 18.0 Å². The van der Waals surface area contributed by atoms with Crippen LogP contribution in [-0.2, 0) is 0 Å². The quantitative estimate of drug-likeness (QED) is 0.919. The van der Waals surface area contributed by atoms with Gasteiger partial charge in [-0.15, -0.1) is 11.8 Å². The van der Waals surface area contributed by atoms with Crippen molar-refractivity contribution in [1.82, 2.24) is 10.1 Å². The molecule has 0 bridgehead atoms. The molecule has 5 unspecified atom stereocenters. The van der Waals surface area contributed by atoms with E-state index in [9.17, 15) is 0 Å². The fourth-order valence-electron chi connectivity index (χ4n) is 1.93. The van der Waals surface area contributed by atoms with Crippen molar-refractivity contribution in [2.45, 2.75) is 55.9 Å². The second-order valence-electron chi connectivity index (χ2n) is 5.27. The molecule has 1 aromatic rings. The van der Waals surface area contributed by atoms with E-state index in [1.807, 2.05) is 23.5 Å². The molecular weight excluding hydrogens is 278 g/mol. The van der Waals surface area contributed by atoms with E-state index in [-0.39, 0.29) is 6.04 Å². The van der Waals surface area contributed by atoms with Crippen LogP contribution in [0.25, 0.3) is 0 Å². The van der Waals surface area contributed by atoms with Crippen LogP contribution in [0.5, 0.6) is 0 Å². The minimum absolute atomic E-state index is 0.149. The Balaban J connectivity index is 2.05. The Labute approximate surface area is 123 Å². The highest BCUT2D eigenvalue weighted by atomic mass is 32.2. The third kappa shape index (κ3) is 3.47. The van der Waals surface area contributed by atoms with Crippen molar-refractivity contribution >= 4 is 23.5 Å². The highest BCUT2D eigenvalue weighted by molar-refractivity contribution is 8.07. The molecule has 5 atom stereocenters. The van der Waals surface area contributed by atoms with Crippen molar-refractivity contribution in [3.05, 3.63) is 11.7 Å². The number of thioether (sulfide) groups is 2. The molecule has 4 nitrogen and oxygen atoms in total. The van der Waals surface area contributed by atoms with Gasteiger partial charge in [-0.05, 0) is 5.92 Å². The zero-order valence-electron chi connectivity index (χ0n) is 12.0. The summed E-state index contributed by atoms with van der Waals surface area (Å²) >= 11 is 3.92. The van der Waals surface area contributed by atoms with Crippen LogP contribution in [-0.4, -0.2) is 26.4 Å². The van der Waals surface area contributed by atoms with Gasteiger partial charge < -0.3 is 10.3 Å². The molecule has 0 saturated carbocycles. The first-order valence-electron chi connectivity index (χ1n) is 6.89. The zero-order valence-corrected chi connectivity index (χ0v) is 13.6. The van der Waals surface area contributed by atoms with Crippen molar-refractivity contribution in [2.24, 2.45) is 11.7 Å². The molecule has 0 aromatic carbocycles. The van der Waals surface area contributed by atoms with E-state index >= 15 is 0 Å². The maximum Gasteiger partial charge on any atom is 0.243 e. The minimum atomic E-state index is -0.149. The Morgan fingerprint density at radius 2 is 2.16 bits per heavy atom. The van der Waals surface area contributed by atoms with Gasteiger partial charge in [0.05, 0.1) is 11.3 Å². The first kappa shape index (κ1) is 15.2. The molecule has 2 N–H and O–H groups in total. The van der Waals surface area contributed by atoms with E-state index in [2.05, 4.69) is 37.8 Å². The molecule has 1 aromatic heterocycles. The predicted octanol–water partition coefficient (Wildman–Crippen LogP) is 3.41. The molecule has 108 valence electrons. The van der Waals surface area contributed by atoms with E-state index in [4.69, 9.17) is 10.3 Å². The maximum atomic E-state index is 6.13. The van der Waals surface area contributed by atoms with Gasteiger partial charge >= 0.3 is 0 Å². The molecule has 0 amide bonds. The zero-order chi connectivity index (χ0) is 14.0. The predicted molar refractivity (Wildman–Crippen MR) is 82.4 cm³/mol. The average molecular weight is 301 g/mol. The standard InChI is InChI=1S/C13H23N3OS2/c1-5-7(2)11(14)13-15-12(16-17-13)10-6-18-8(3)9(4)19-10/h7-11H,5-6,14H2,1-4H3. The Kier molecular flexibility index (Phi) is 5.20. The van der Waals surface area contributed by atoms with Gasteiger partial charge in [0.2, 0.25) is 5.89 Å². The van der Waals surface area contributed by atoms with Crippen LogP contribution in [0.4, 0.5) is 0 Å². The third-order valence-electron chi connectivity index (χ3n) is 3.84. The van der Waals surface area contributed by atoms with Gasteiger partial charge in [-0.2, -0.15) is 16.7 Å². The largest absolute Gasteiger partial charge is 0.338 e. The lowest BCUT2D eigenvalue weighted by Crippen LogP contribution is -2.22. The summed E-state index contributed by atoms with van der Waals surface area (Å²) in [6.07, 6.45) is 1.02. The number of aromatic nitrogens is 2. The van der Waals surface area contributed by atoms with Crippen LogP contribution < -0.4 is 5.73 Å². The summed E-state index contributed by atoms with van der Waals surface area (Å²) < 4.78 is 5.36. The number of rotatable bonds is 4. The van der Waals surface area contributed by atoms with Crippen LogP contribution in [0.2, 0.25) is 0 Å². The Bertz CT molecular complexity index is 412. The highest BCUT2D eigenvalue weighted by Crippen LogP contribution is 2.43. The summed E-state index contributed by atoms with van der Waals surface area (Å²) in [4.78, 5) is 4.53. The number of nitrogens with two attached hydrogens (primary N) is 1. The van der Waals surface area contributed by atoms with E-state index in [1.165, 1.54) is 0 Å². The van der Waals surface area contributed by atoms with Gasteiger partial charge in [0, 0.05) is 16.3 Å². The lowest BCUT2D eigenvalue weighted by molar-refractivity contribution is 0.310. The smallest absolute Gasteiger partial charge is 0.243 e. The molecule has 1 fully saturated rings. The average Bonchev–Trinajstić information content (AvgIpc) is 2.89. The summed E-state index contributed by atoms with van der Waals surface area (Å²) in [6, 6.07) is -0.149. The molecule has 1 aliphatic heterocycles. The van der Waals surface area contributed by atoms with Crippen molar-refractivity contribution in [1.29, 1.82) is 0 Å². The van der Waals surface area contributed by atoms with Crippen LogP contribution in [0.15, 0.2) is 4.52 Å². The Morgan fingerprint density at radius 3 is 2.79 bits per heavy atom. The van der Waals surface area contributed by atoms with Crippen molar-refractivity contribution in [3.63, 3.8) is 0 Å². The Hall–Kier alpha value is -0.200. The van der Waals surface area contributed by atoms with Crippen molar-refractivity contribution in [3.8, 4) is 0 Å². The summed E-state index contributed by atoms with van der Waals surface area (Å²) in [5.41, 5.74) is 6.13. The molecule has 1 saturated heterocycles. The first-order valence-corrected chi connectivity index (χ1v) is 8.88. The molecule has 2 heterocycles. The summed E-state index contributed by atoms with van der Waals surface area (Å²) in [5.74, 6) is 2.81. The molecule has 0 radical (unpaired) electrons. The molecular formula is C13H23N3OS2. The maximum absolute atomic E-state index is 6.13.